The van der Waals surface area contributed by atoms with Gasteiger partial charge in [-0.05, 0) is 53.1 Å². The average molecular weight is 510 g/mol. The molecule has 1 aliphatic heterocycles. The van der Waals surface area contributed by atoms with Crippen molar-refractivity contribution in [2.45, 2.75) is 26.4 Å². The Morgan fingerprint density at radius 2 is 1.41 bits per heavy atom. The van der Waals surface area contributed by atoms with Gasteiger partial charge < -0.3 is 5.32 Å². The van der Waals surface area contributed by atoms with Gasteiger partial charge in [0.2, 0.25) is 0 Å². The Morgan fingerprint density at radius 3 is 2.06 bits per heavy atom. The normalized spacial score (nSPS) is 16.9. The monoisotopic (exact) mass is 509 g/mol. The van der Waals surface area contributed by atoms with Gasteiger partial charge in [0.15, 0.2) is 0 Å². The van der Waals surface area contributed by atoms with Crippen LogP contribution in [-0.2, 0) is 6.54 Å². The van der Waals surface area contributed by atoms with Gasteiger partial charge >= 0.3 is 0 Å². The van der Waals surface area contributed by atoms with Gasteiger partial charge in [-0.25, -0.2) is 0 Å². The molecule has 170 valence electrons. The molecule has 0 fully saturated rings. The largest absolute Gasteiger partial charge is 0.381 e. The highest BCUT2D eigenvalue weighted by molar-refractivity contribution is 9.10. The summed E-state index contributed by atoms with van der Waals surface area (Å²) in [6, 6.07) is 38.3. The molecule has 0 saturated heterocycles. The first kappa shape index (κ1) is 22.4. The molecule has 5 rings (SSSR count). The summed E-state index contributed by atoms with van der Waals surface area (Å²) >= 11 is 3.49. The third kappa shape index (κ3) is 4.51. The SMILES string of the molecule is CC1(C)C(c2ccccc2)=NN(c2ccc(CNc3ccc(Br)cc3)cc2)[C@@H]1c1ccccc1. The maximum Gasteiger partial charge on any atom is 0.0882 e. The molecule has 0 aliphatic carbocycles. The molecular formula is C30H28BrN3. The van der Waals surface area contributed by atoms with Crippen LogP contribution in [0.1, 0.15) is 36.6 Å². The van der Waals surface area contributed by atoms with Gasteiger partial charge in [-0.2, -0.15) is 5.10 Å². The minimum Gasteiger partial charge on any atom is -0.381 e. The number of hydrogen-bond acceptors (Lipinski definition) is 3. The third-order valence-corrected chi connectivity index (χ3v) is 6.98. The zero-order chi connectivity index (χ0) is 23.5. The van der Waals surface area contributed by atoms with Crippen LogP contribution in [0.3, 0.4) is 0 Å². The van der Waals surface area contributed by atoms with Crippen molar-refractivity contribution in [1.82, 2.24) is 0 Å². The summed E-state index contributed by atoms with van der Waals surface area (Å²) < 4.78 is 1.08. The molecule has 1 atom stereocenters. The van der Waals surface area contributed by atoms with E-state index in [0.29, 0.717) is 0 Å². The lowest BCUT2D eigenvalue weighted by molar-refractivity contribution is 0.425. The Balaban J connectivity index is 1.44. The summed E-state index contributed by atoms with van der Waals surface area (Å²) in [4.78, 5) is 0. The molecule has 0 radical (unpaired) electrons. The van der Waals surface area contributed by atoms with E-state index < -0.39 is 0 Å². The molecule has 0 spiro atoms. The Hall–Kier alpha value is -3.37. The van der Waals surface area contributed by atoms with Crippen LogP contribution >= 0.6 is 15.9 Å². The Morgan fingerprint density at radius 1 is 0.794 bits per heavy atom. The molecule has 4 aromatic carbocycles. The van der Waals surface area contributed by atoms with Gasteiger partial charge in [0.1, 0.15) is 0 Å². The number of halogens is 1. The van der Waals surface area contributed by atoms with E-state index >= 15 is 0 Å². The van der Waals surface area contributed by atoms with Gasteiger partial charge in [-0.3, -0.25) is 5.01 Å². The van der Waals surface area contributed by atoms with E-state index in [2.05, 4.69) is 137 Å². The molecule has 0 bridgehead atoms. The van der Waals surface area contributed by atoms with E-state index in [9.17, 15) is 0 Å². The van der Waals surface area contributed by atoms with Gasteiger partial charge in [0.25, 0.3) is 0 Å². The fourth-order valence-corrected chi connectivity index (χ4v) is 4.96. The lowest BCUT2D eigenvalue weighted by atomic mass is 9.75. The predicted molar refractivity (Wildman–Crippen MR) is 146 cm³/mol. The second-order valence-electron chi connectivity index (χ2n) is 9.22. The Bertz CT molecular complexity index is 1260. The maximum absolute atomic E-state index is 5.20. The number of nitrogens with zero attached hydrogens (tertiary/aromatic N) is 2. The van der Waals surface area contributed by atoms with E-state index in [4.69, 9.17) is 5.10 Å². The van der Waals surface area contributed by atoms with Crippen molar-refractivity contribution in [1.29, 1.82) is 0 Å². The van der Waals surface area contributed by atoms with Crippen molar-refractivity contribution in [2.24, 2.45) is 10.5 Å². The van der Waals surface area contributed by atoms with Gasteiger partial charge in [-0.1, -0.05) is 103 Å². The molecule has 1 heterocycles. The highest BCUT2D eigenvalue weighted by Gasteiger charge is 2.45. The summed E-state index contributed by atoms with van der Waals surface area (Å²) in [5.74, 6) is 0. The highest BCUT2D eigenvalue weighted by atomic mass is 79.9. The van der Waals surface area contributed by atoms with E-state index in [0.717, 1.165) is 28.1 Å². The van der Waals surface area contributed by atoms with E-state index in [1.807, 2.05) is 12.1 Å². The van der Waals surface area contributed by atoms with Crippen LogP contribution in [0, 0.1) is 5.41 Å². The molecule has 34 heavy (non-hydrogen) atoms. The first-order valence-corrected chi connectivity index (χ1v) is 12.4. The second kappa shape index (κ2) is 9.47. The van der Waals surface area contributed by atoms with Crippen LogP contribution in [0.2, 0.25) is 0 Å². The van der Waals surface area contributed by atoms with Crippen molar-refractivity contribution < 1.29 is 0 Å². The second-order valence-corrected chi connectivity index (χ2v) is 10.1. The van der Waals surface area contributed by atoms with Crippen molar-refractivity contribution in [2.75, 3.05) is 10.3 Å². The minimum atomic E-state index is -0.162. The van der Waals surface area contributed by atoms with Gasteiger partial charge in [0.05, 0.1) is 17.4 Å². The molecule has 3 nitrogen and oxygen atoms in total. The summed E-state index contributed by atoms with van der Waals surface area (Å²) in [5.41, 5.74) is 6.82. The zero-order valence-corrected chi connectivity index (χ0v) is 21.0. The molecule has 1 N–H and O–H groups in total. The summed E-state index contributed by atoms with van der Waals surface area (Å²) in [6.45, 7) is 5.37. The zero-order valence-electron chi connectivity index (χ0n) is 19.4. The summed E-state index contributed by atoms with van der Waals surface area (Å²) in [5, 5.41) is 10.9. The van der Waals surface area contributed by atoms with E-state index in [1.165, 1.54) is 16.7 Å². The first-order chi connectivity index (χ1) is 16.5. The fourth-order valence-electron chi connectivity index (χ4n) is 4.69. The number of nitrogens with one attached hydrogen (secondary N) is 1. The van der Waals surface area contributed by atoms with Crippen LogP contribution in [-0.4, -0.2) is 5.71 Å². The van der Waals surface area contributed by atoms with E-state index in [-0.39, 0.29) is 11.5 Å². The average Bonchev–Trinajstić information content (AvgIpc) is 3.16. The van der Waals surface area contributed by atoms with Crippen LogP contribution in [0.4, 0.5) is 11.4 Å². The molecule has 0 amide bonds. The van der Waals surface area contributed by atoms with Crippen LogP contribution in [0.15, 0.2) is 119 Å². The standard InChI is InChI=1S/C30H28BrN3/c1-30(2)28(23-9-5-3-6-10-23)33-34(29(30)24-11-7-4-8-12-24)27-19-13-22(14-20-27)21-32-26-17-15-25(31)16-18-26/h3-20,29,32H,21H2,1-2H3/t29-/m1/s1. The Kier molecular flexibility index (Phi) is 6.25. The van der Waals surface area contributed by atoms with Crippen molar-refractivity contribution in [3.8, 4) is 0 Å². The third-order valence-electron chi connectivity index (χ3n) is 6.45. The lowest BCUT2D eigenvalue weighted by Gasteiger charge is -2.33. The fraction of sp³-hybridized carbons (Fsp3) is 0.167. The van der Waals surface area contributed by atoms with Crippen LogP contribution in [0.25, 0.3) is 0 Å². The Labute approximate surface area is 210 Å². The predicted octanol–water partition coefficient (Wildman–Crippen LogP) is 8.05. The van der Waals surface area contributed by atoms with Gasteiger partial charge in [0, 0.05) is 22.1 Å². The van der Waals surface area contributed by atoms with Crippen LogP contribution < -0.4 is 10.3 Å². The maximum atomic E-state index is 5.20. The molecular weight excluding hydrogens is 482 g/mol. The topological polar surface area (TPSA) is 27.6 Å². The highest BCUT2D eigenvalue weighted by Crippen LogP contribution is 2.48. The number of anilines is 2. The number of hydrogen-bond donors (Lipinski definition) is 1. The molecule has 4 heteroatoms. The number of hydrazone groups is 1. The molecule has 0 aromatic heterocycles. The summed E-state index contributed by atoms with van der Waals surface area (Å²) in [7, 11) is 0. The van der Waals surface area contributed by atoms with Crippen molar-refractivity contribution in [3.05, 3.63) is 130 Å². The smallest absolute Gasteiger partial charge is 0.0882 e. The van der Waals surface area contributed by atoms with E-state index in [1.54, 1.807) is 0 Å². The summed E-state index contributed by atoms with van der Waals surface area (Å²) in [6.07, 6.45) is 0. The minimum absolute atomic E-state index is 0.107. The van der Waals surface area contributed by atoms with Gasteiger partial charge in [-0.15, -0.1) is 0 Å². The molecule has 0 unspecified atom stereocenters. The first-order valence-electron chi connectivity index (χ1n) is 11.6. The van der Waals surface area contributed by atoms with Crippen molar-refractivity contribution >= 4 is 33.0 Å². The van der Waals surface area contributed by atoms with Crippen molar-refractivity contribution in [3.63, 3.8) is 0 Å². The number of rotatable bonds is 6. The lowest BCUT2D eigenvalue weighted by Crippen LogP contribution is -2.32. The molecule has 4 aromatic rings. The number of benzene rings is 4. The molecule has 0 saturated carbocycles. The quantitative estimate of drug-likeness (QED) is 0.284. The van der Waals surface area contributed by atoms with Crippen LogP contribution in [0.5, 0.6) is 0 Å². The molecule has 1 aliphatic rings.